The molecule has 1 aromatic rings. The van der Waals surface area contributed by atoms with Gasteiger partial charge in [0.15, 0.2) is 0 Å². The molecule has 1 fully saturated rings. The number of fused-ring (bicyclic) bond motifs is 1. The Hall–Kier alpha value is -1.55. The molecule has 0 spiro atoms. The molecule has 2 aliphatic rings. The van der Waals surface area contributed by atoms with E-state index in [4.69, 9.17) is 4.74 Å². The average Bonchev–Trinajstić information content (AvgIpc) is 2.95. The van der Waals surface area contributed by atoms with Crippen molar-refractivity contribution < 1.29 is 9.53 Å². The van der Waals surface area contributed by atoms with Crippen molar-refractivity contribution in [2.24, 2.45) is 0 Å². The fourth-order valence-corrected chi connectivity index (χ4v) is 5.46. The van der Waals surface area contributed by atoms with Gasteiger partial charge < -0.3 is 9.64 Å². The third-order valence-electron chi connectivity index (χ3n) is 6.47. The van der Waals surface area contributed by atoms with Gasteiger partial charge >= 0.3 is 5.97 Å². The first-order valence-corrected chi connectivity index (χ1v) is 10.8. The van der Waals surface area contributed by atoms with Crippen LogP contribution >= 0.6 is 0 Å². The number of carbonyl (C=O) groups excluding carboxylic acids is 1. The lowest BCUT2D eigenvalue weighted by atomic mass is 9.87. The van der Waals surface area contributed by atoms with Gasteiger partial charge in [-0.1, -0.05) is 18.6 Å². The number of nitrogens with zero attached hydrogens (tertiary/aromatic N) is 2. The number of hydrogen-bond donors (Lipinski definition) is 0. The topological polar surface area (TPSA) is 32.8 Å². The highest BCUT2D eigenvalue weighted by atomic mass is 16.5. The van der Waals surface area contributed by atoms with Crippen molar-refractivity contribution >= 4 is 11.7 Å². The SMILES string of the molecule is COC(=O)C1CCCCN1C(C)(C)Cc1ccc2c(c1)CC(C)N2C(C)(C)C. The van der Waals surface area contributed by atoms with Gasteiger partial charge in [0.1, 0.15) is 6.04 Å². The summed E-state index contributed by atoms with van der Waals surface area (Å²) in [5.74, 6) is -0.0867. The smallest absolute Gasteiger partial charge is 0.323 e. The summed E-state index contributed by atoms with van der Waals surface area (Å²) < 4.78 is 5.10. The quantitative estimate of drug-likeness (QED) is 0.709. The van der Waals surface area contributed by atoms with Crippen molar-refractivity contribution in [3.63, 3.8) is 0 Å². The normalized spacial score (nSPS) is 23.6. The Morgan fingerprint density at radius 1 is 1.18 bits per heavy atom. The Balaban J connectivity index is 1.82. The number of methoxy groups -OCH3 is 1. The maximum Gasteiger partial charge on any atom is 0.323 e. The first kappa shape index (κ1) is 21.2. The molecule has 156 valence electrons. The molecule has 1 aromatic carbocycles. The number of likely N-dealkylation sites (tertiary alicyclic amines) is 1. The molecule has 3 rings (SSSR count). The Kier molecular flexibility index (Phi) is 5.82. The lowest BCUT2D eigenvalue weighted by Crippen LogP contribution is -2.56. The minimum Gasteiger partial charge on any atom is -0.468 e. The van der Waals surface area contributed by atoms with E-state index in [1.807, 2.05) is 0 Å². The second kappa shape index (κ2) is 7.70. The van der Waals surface area contributed by atoms with Gasteiger partial charge in [-0.25, -0.2) is 0 Å². The van der Waals surface area contributed by atoms with Gasteiger partial charge in [-0.3, -0.25) is 9.69 Å². The molecular formula is C24H38N2O2. The van der Waals surface area contributed by atoms with E-state index in [1.54, 1.807) is 0 Å². The maximum absolute atomic E-state index is 12.3. The van der Waals surface area contributed by atoms with E-state index >= 15 is 0 Å². The summed E-state index contributed by atoms with van der Waals surface area (Å²) >= 11 is 0. The Morgan fingerprint density at radius 3 is 2.54 bits per heavy atom. The molecule has 28 heavy (non-hydrogen) atoms. The molecule has 4 nitrogen and oxygen atoms in total. The van der Waals surface area contributed by atoms with E-state index < -0.39 is 0 Å². The Morgan fingerprint density at radius 2 is 1.89 bits per heavy atom. The number of ether oxygens (including phenoxy) is 1. The van der Waals surface area contributed by atoms with Crippen LogP contribution in [0.1, 0.15) is 71.9 Å². The monoisotopic (exact) mass is 386 g/mol. The fourth-order valence-electron chi connectivity index (χ4n) is 5.46. The molecule has 0 saturated carbocycles. The Labute approximate surface area is 171 Å². The molecule has 2 aliphatic heterocycles. The van der Waals surface area contributed by atoms with Crippen LogP contribution in [0.15, 0.2) is 18.2 Å². The molecule has 4 heteroatoms. The van der Waals surface area contributed by atoms with E-state index in [1.165, 1.54) is 23.9 Å². The van der Waals surface area contributed by atoms with Crippen molar-refractivity contribution in [2.75, 3.05) is 18.6 Å². The summed E-state index contributed by atoms with van der Waals surface area (Å²) in [4.78, 5) is 17.3. The maximum atomic E-state index is 12.3. The first-order chi connectivity index (χ1) is 13.0. The second-order valence-electron chi connectivity index (χ2n) is 10.3. The largest absolute Gasteiger partial charge is 0.468 e. The van der Waals surface area contributed by atoms with Crippen molar-refractivity contribution in [1.29, 1.82) is 0 Å². The van der Waals surface area contributed by atoms with E-state index in [0.717, 1.165) is 38.6 Å². The van der Waals surface area contributed by atoms with Crippen molar-refractivity contribution in [2.45, 2.75) is 96.8 Å². The minimum absolute atomic E-state index is 0.0819. The summed E-state index contributed by atoms with van der Waals surface area (Å²) in [5.41, 5.74) is 4.25. The molecule has 1 saturated heterocycles. The standard InChI is InChI=1S/C24H38N2O2/c1-17-14-19-15-18(11-12-20(19)26(17)23(2,3)4)16-24(5,6)25-13-9-8-10-21(25)22(27)28-7/h11-12,15,17,21H,8-10,13-14,16H2,1-7H3. The summed E-state index contributed by atoms with van der Waals surface area (Å²) in [7, 11) is 1.50. The van der Waals surface area contributed by atoms with Crippen LogP contribution in [0.5, 0.6) is 0 Å². The summed E-state index contributed by atoms with van der Waals surface area (Å²) in [6.07, 6.45) is 5.20. The van der Waals surface area contributed by atoms with Crippen molar-refractivity contribution in [1.82, 2.24) is 4.90 Å². The first-order valence-electron chi connectivity index (χ1n) is 10.8. The summed E-state index contributed by atoms with van der Waals surface area (Å²) in [6, 6.07) is 7.41. The van der Waals surface area contributed by atoms with Crippen molar-refractivity contribution in [3.05, 3.63) is 29.3 Å². The van der Waals surface area contributed by atoms with Crippen molar-refractivity contribution in [3.8, 4) is 0 Å². The van der Waals surface area contributed by atoms with E-state index in [2.05, 4.69) is 69.5 Å². The van der Waals surface area contributed by atoms with Gasteiger partial charge in [-0.05, 0) is 91.0 Å². The summed E-state index contributed by atoms with van der Waals surface area (Å²) in [5, 5.41) is 0. The van der Waals surface area contributed by atoms with E-state index in [9.17, 15) is 4.79 Å². The van der Waals surface area contributed by atoms with Crippen LogP contribution in [0.2, 0.25) is 0 Å². The van der Waals surface area contributed by atoms with Gasteiger partial charge in [-0.15, -0.1) is 0 Å². The molecule has 2 heterocycles. The molecule has 0 aliphatic carbocycles. The number of rotatable bonds is 4. The predicted molar refractivity (Wildman–Crippen MR) is 116 cm³/mol. The third kappa shape index (κ3) is 4.07. The number of piperidine rings is 1. The molecule has 0 aromatic heterocycles. The molecule has 0 amide bonds. The van der Waals surface area contributed by atoms with E-state index in [0.29, 0.717) is 6.04 Å². The predicted octanol–water partition coefficient (Wildman–Crippen LogP) is 4.58. The molecule has 2 unspecified atom stereocenters. The molecule has 0 radical (unpaired) electrons. The molecule has 0 N–H and O–H groups in total. The Bertz CT molecular complexity index is 720. The van der Waals surface area contributed by atoms with Crippen LogP contribution in [0.4, 0.5) is 5.69 Å². The molecular weight excluding hydrogens is 348 g/mol. The van der Waals surface area contributed by atoms with Crippen LogP contribution in [0.25, 0.3) is 0 Å². The number of benzene rings is 1. The highest BCUT2D eigenvalue weighted by molar-refractivity contribution is 5.75. The summed E-state index contributed by atoms with van der Waals surface area (Å²) in [6.45, 7) is 14.7. The molecule has 0 bridgehead atoms. The number of esters is 1. The minimum atomic E-state index is -0.111. The van der Waals surface area contributed by atoms with Gasteiger partial charge in [0.05, 0.1) is 7.11 Å². The third-order valence-corrected chi connectivity index (χ3v) is 6.47. The molecule has 2 atom stereocenters. The number of carbonyl (C=O) groups is 1. The second-order valence-corrected chi connectivity index (χ2v) is 10.3. The lowest BCUT2D eigenvalue weighted by molar-refractivity contribution is -0.151. The van der Waals surface area contributed by atoms with Crippen LogP contribution in [-0.4, -0.2) is 47.7 Å². The number of hydrogen-bond acceptors (Lipinski definition) is 4. The fraction of sp³-hybridized carbons (Fsp3) is 0.708. The van der Waals surface area contributed by atoms with Gasteiger partial charge in [0, 0.05) is 22.8 Å². The van der Waals surface area contributed by atoms with Crippen LogP contribution in [0, 0.1) is 0 Å². The highest BCUT2D eigenvalue weighted by Gasteiger charge is 2.39. The van der Waals surface area contributed by atoms with Gasteiger partial charge in [-0.2, -0.15) is 0 Å². The zero-order valence-electron chi connectivity index (χ0n) is 18.8. The van der Waals surface area contributed by atoms with Gasteiger partial charge in [0.2, 0.25) is 0 Å². The van der Waals surface area contributed by atoms with Gasteiger partial charge in [0.25, 0.3) is 0 Å². The number of anilines is 1. The van der Waals surface area contributed by atoms with Crippen LogP contribution < -0.4 is 4.90 Å². The lowest BCUT2D eigenvalue weighted by Gasteiger charge is -2.45. The van der Waals surface area contributed by atoms with E-state index in [-0.39, 0.29) is 23.1 Å². The van der Waals surface area contributed by atoms with Crippen LogP contribution in [-0.2, 0) is 22.4 Å². The highest BCUT2D eigenvalue weighted by Crippen LogP contribution is 2.39. The zero-order chi connectivity index (χ0) is 20.7. The van der Waals surface area contributed by atoms with Crippen LogP contribution in [0.3, 0.4) is 0 Å². The average molecular weight is 387 g/mol. The zero-order valence-corrected chi connectivity index (χ0v) is 18.8.